The molecule has 0 bridgehead atoms. The highest BCUT2D eigenvalue weighted by Gasteiger charge is 2.22. The van der Waals surface area contributed by atoms with Crippen LogP contribution >= 0.6 is 0 Å². The third-order valence-corrected chi connectivity index (χ3v) is 2.60. The number of carboxylic acids is 1. The molecule has 0 saturated heterocycles. The van der Waals surface area contributed by atoms with Crippen molar-refractivity contribution in [1.29, 1.82) is 0 Å². The molecule has 0 aliphatic rings. The molecule has 6 nitrogen and oxygen atoms in total. The highest BCUT2D eigenvalue weighted by molar-refractivity contribution is 5.77. The van der Waals surface area contributed by atoms with E-state index in [1.165, 1.54) is 10.8 Å². The Labute approximate surface area is 106 Å². The van der Waals surface area contributed by atoms with Crippen molar-refractivity contribution in [2.45, 2.75) is 39.8 Å². The van der Waals surface area contributed by atoms with Crippen LogP contribution in [0.4, 0.5) is 5.82 Å². The van der Waals surface area contributed by atoms with Gasteiger partial charge >= 0.3 is 5.97 Å². The van der Waals surface area contributed by atoms with Gasteiger partial charge < -0.3 is 15.0 Å². The van der Waals surface area contributed by atoms with Crippen LogP contribution < -0.4 is 10.9 Å². The van der Waals surface area contributed by atoms with Gasteiger partial charge in [0.15, 0.2) is 5.82 Å². The first-order chi connectivity index (χ1) is 8.47. The molecule has 0 aliphatic carbocycles. The second-order valence-electron chi connectivity index (χ2n) is 4.48. The molecular formula is C12H19N3O3. The zero-order chi connectivity index (χ0) is 13.7. The van der Waals surface area contributed by atoms with Crippen LogP contribution in [0, 0.1) is 5.92 Å². The first-order valence-electron chi connectivity index (χ1n) is 6.02. The molecule has 1 unspecified atom stereocenters. The zero-order valence-electron chi connectivity index (χ0n) is 10.9. The lowest BCUT2D eigenvalue weighted by Gasteiger charge is -2.18. The Hall–Kier alpha value is -1.85. The Morgan fingerprint density at radius 1 is 1.56 bits per heavy atom. The maximum absolute atomic E-state index is 12.0. The van der Waals surface area contributed by atoms with E-state index in [4.69, 9.17) is 5.11 Å². The van der Waals surface area contributed by atoms with Crippen molar-refractivity contribution >= 4 is 11.8 Å². The molecule has 1 aromatic rings. The SMILES string of the molecule is CCCn1ccnc(NC(C(=O)O)C(C)C)c1=O. The molecule has 0 aliphatic heterocycles. The zero-order valence-corrected chi connectivity index (χ0v) is 10.9. The van der Waals surface area contributed by atoms with Gasteiger partial charge in [-0.1, -0.05) is 20.8 Å². The van der Waals surface area contributed by atoms with Gasteiger partial charge in [0.25, 0.3) is 5.56 Å². The highest BCUT2D eigenvalue weighted by atomic mass is 16.4. The van der Waals surface area contributed by atoms with Crippen LogP contribution in [0.2, 0.25) is 0 Å². The normalized spacial score (nSPS) is 12.4. The number of nitrogens with one attached hydrogen (secondary N) is 1. The largest absolute Gasteiger partial charge is 0.480 e. The Balaban J connectivity index is 3.00. The van der Waals surface area contributed by atoms with E-state index in [1.807, 2.05) is 6.92 Å². The molecule has 0 aromatic carbocycles. The Bertz CT molecular complexity index is 468. The number of carboxylic acid groups (broad SMARTS) is 1. The Kier molecular flexibility index (Phi) is 4.88. The lowest BCUT2D eigenvalue weighted by molar-refractivity contribution is -0.138. The number of aryl methyl sites for hydroxylation is 1. The monoisotopic (exact) mass is 253 g/mol. The van der Waals surface area contributed by atoms with Crippen LogP contribution in [0.5, 0.6) is 0 Å². The minimum atomic E-state index is -0.989. The predicted octanol–water partition coefficient (Wildman–Crippen LogP) is 1.17. The molecule has 0 amide bonds. The summed E-state index contributed by atoms with van der Waals surface area (Å²) in [4.78, 5) is 27.0. The van der Waals surface area contributed by atoms with Crippen LogP contribution in [0.3, 0.4) is 0 Å². The van der Waals surface area contributed by atoms with Crippen molar-refractivity contribution in [2.75, 3.05) is 5.32 Å². The summed E-state index contributed by atoms with van der Waals surface area (Å²) in [6.07, 6.45) is 3.93. The van der Waals surface area contributed by atoms with Gasteiger partial charge in [0, 0.05) is 18.9 Å². The first-order valence-corrected chi connectivity index (χ1v) is 6.02. The van der Waals surface area contributed by atoms with Crippen LogP contribution in [-0.2, 0) is 11.3 Å². The molecule has 1 heterocycles. The van der Waals surface area contributed by atoms with E-state index >= 15 is 0 Å². The van der Waals surface area contributed by atoms with Crippen LogP contribution in [0.25, 0.3) is 0 Å². The number of carbonyl (C=O) groups is 1. The lowest BCUT2D eigenvalue weighted by Crippen LogP contribution is -2.37. The van der Waals surface area contributed by atoms with Crippen LogP contribution in [0.1, 0.15) is 27.2 Å². The summed E-state index contributed by atoms with van der Waals surface area (Å²) in [5.41, 5.74) is -0.286. The molecule has 0 fully saturated rings. The second kappa shape index (κ2) is 6.18. The van der Waals surface area contributed by atoms with Gasteiger partial charge in [-0.05, 0) is 12.3 Å². The smallest absolute Gasteiger partial charge is 0.326 e. The van der Waals surface area contributed by atoms with Gasteiger partial charge in [-0.15, -0.1) is 0 Å². The van der Waals surface area contributed by atoms with Gasteiger partial charge in [0.05, 0.1) is 0 Å². The fraction of sp³-hybridized carbons (Fsp3) is 0.583. The van der Waals surface area contributed by atoms with E-state index in [2.05, 4.69) is 10.3 Å². The van der Waals surface area contributed by atoms with Crippen LogP contribution in [-0.4, -0.2) is 26.7 Å². The number of nitrogens with zero attached hydrogens (tertiary/aromatic N) is 2. The van der Waals surface area contributed by atoms with Crippen LogP contribution in [0.15, 0.2) is 17.2 Å². The fourth-order valence-electron chi connectivity index (χ4n) is 1.62. The average molecular weight is 253 g/mol. The van der Waals surface area contributed by atoms with E-state index in [0.717, 1.165) is 6.42 Å². The molecule has 100 valence electrons. The quantitative estimate of drug-likeness (QED) is 0.795. The Morgan fingerprint density at radius 3 is 2.72 bits per heavy atom. The van der Waals surface area contributed by atoms with Crippen molar-refractivity contribution < 1.29 is 9.90 Å². The predicted molar refractivity (Wildman–Crippen MR) is 68.7 cm³/mol. The third-order valence-electron chi connectivity index (χ3n) is 2.60. The van der Waals surface area contributed by atoms with Crippen molar-refractivity contribution in [1.82, 2.24) is 9.55 Å². The molecule has 1 atom stereocenters. The van der Waals surface area contributed by atoms with E-state index in [-0.39, 0.29) is 17.3 Å². The van der Waals surface area contributed by atoms with Crippen molar-refractivity contribution in [2.24, 2.45) is 5.92 Å². The number of anilines is 1. The number of hydrogen-bond donors (Lipinski definition) is 2. The number of rotatable bonds is 6. The topological polar surface area (TPSA) is 84.2 Å². The number of aromatic nitrogens is 2. The standard InChI is InChI=1S/C12H19N3O3/c1-4-6-15-7-5-13-10(11(15)16)14-9(8(2)3)12(17)18/h5,7-9H,4,6H2,1-3H3,(H,13,14)(H,17,18). The van der Waals surface area contributed by atoms with Crippen molar-refractivity contribution in [3.63, 3.8) is 0 Å². The molecule has 6 heteroatoms. The Morgan fingerprint density at radius 2 is 2.22 bits per heavy atom. The summed E-state index contributed by atoms with van der Waals surface area (Å²) in [7, 11) is 0. The van der Waals surface area contributed by atoms with E-state index in [9.17, 15) is 9.59 Å². The highest BCUT2D eigenvalue weighted by Crippen LogP contribution is 2.07. The summed E-state index contributed by atoms with van der Waals surface area (Å²) < 4.78 is 1.52. The summed E-state index contributed by atoms with van der Waals surface area (Å²) in [5.74, 6) is -1.03. The molecule has 0 radical (unpaired) electrons. The minimum Gasteiger partial charge on any atom is -0.480 e. The van der Waals surface area contributed by atoms with Gasteiger partial charge in [-0.2, -0.15) is 0 Å². The van der Waals surface area contributed by atoms with Gasteiger partial charge in [0.1, 0.15) is 6.04 Å². The summed E-state index contributed by atoms with van der Waals surface area (Å²) in [6, 6.07) is -0.817. The average Bonchev–Trinajstić information content (AvgIpc) is 2.29. The van der Waals surface area contributed by atoms with Gasteiger partial charge in [-0.3, -0.25) is 4.79 Å². The lowest BCUT2D eigenvalue weighted by atomic mass is 10.1. The molecule has 0 spiro atoms. The summed E-state index contributed by atoms with van der Waals surface area (Å²) in [6.45, 7) is 6.11. The molecule has 18 heavy (non-hydrogen) atoms. The minimum absolute atomic E-state index is 0.0899. The number of aliphatic carboxylic acids is 1. The van der Waals surface area contributed by atoms with Gasteiger partial charge in [-0.25, -0.2) is 9.78 Å². The second-order valence-corrected chi connectivity index (χ2v) is 4.48. The van der Waals surface area contributed by atoms with E-state index < -0.39 is 12.0 Å². The summed E-state index contributed by atoms with van der Waals surface area (Å²) >= 11 is 0. The molecule has 1 aromatic heterocycles. The third kappa shape index (κ3) is 3.32. The van der Waals surface area contributed by atoms with Crippen molar-refractivity contribution in [3.8, 4) is 0 Å². The van der Waals surface area contributed by atoms with Gasteiger partial charge in [0.2, 0.25) is 0 Å². The van der Waals surface area contributed by atoms with E-state index in [1.54, 1.807) is 20.0 Å². The number of hydrogen-bond acceptors (Lipinski definition) is 4. The molecular weight excluding hydrogens is 234 g/mol. The van der Waals surface area contributed by atoms with Crippen molar-refractivity contribution in [3.05, 3.63) is 22.7 Å². The van der Waals surface area contributed by atoms with E-state index in [0.29, 0.717) is 6.54 Å². The molecule has 2 N–H and O–H groups in total. The first kappa shape index (κ1) is 14.2. The molecule has 0 saturated carbocycles. The maximum atomic E-state index is 12.0. The molecule has 1 rings (SSSR count). The fourth-order valence-corrected chi connectivity index (χ4v) is 1.62. The summed E-state index contributed by atoms with van der Waals surface area (Å²) in [5, 5.41) is 11.8. The maximum Gasteiger partial charge on any atom is 0.326 e.